The molecule has 1 heterocycles. The van der Waals surface area contributed by atoms with E-state index in [4.69, 9.17) is 0 Å². The molecule has 98 valence electrons. The Balaban J connectivity index is 1.90. The Morgan fingerprint density at radius 3 is 2.39 bits per heavy atom. The molecule has 1 aromatic rings. The summed E-state index contributed by atoms with van der Waals surface area (Å²) < 4.78 is 0. The number of likely N-dealkylation sites (tertiary alicyclic amines) is 1. The fraction of sp³-hybridized carbons (Fsp3) is 0.562. The number of nitrogens with zero attached hydrogens (tertiary/aromatic N) is 1. The van der Waals surface area contributed by atoms with Gasteiger partial charge in [0.2, 0.25) is 5.91 Å². The van der Waals surface area contributed by atoms with E-state index >= 15 is 0 Å². The van der Waals surface area contributed by atoms with Gasteiger partial charge in [-0.15, -0.1) is 0 Å². The van der Waals surface area contributed by atoms with Crippen LogP contribution in [-0.2, 0) is 4.79 Å². The highest BCUT2D eigenvalue weighted by molar-refractivity contribution is 5.76. The Kier molecular flexibility index (Phi) is 4.40. The first-order valence-electron chi connectivity index (χ1n) is 7.05. The predicted octanol–water partition coefficient (Wildman–Crippen LogP) is 3.50. The molecule has 1 aliphatic heterocycles. The summed E-state index contributed by atoms with van der Waals surface area (Å²) in [6, 6.07) is 8.85. The molecule has 2 rings (SSSR count). The van der Waals surface area contributed by atoms with Crippen LogP contribution < -0.4 is 0 Å². The number of piperidine rings is 1. The molecule has 0 atom stereocenters. The topological polar surface area (TPSA) is 20.3 Å². The number of hydrogen-bond acceptors (Lipinski definition) is 1. The van der Waals surface area contributed by atoms with Gasteiger partial charge in [0.15, 0.2) is 0 Å². The van der Waals surface area contributed by atoms with Gasteiger partial charge in [0.1, 0.15) is 0 Å². The van der Waals surface area contributed by atoms with Gasteiger partial charge in [-0.25, -0.2) is 0 Å². The van der Waals surface area contributed by atoms with Crippen molar-refractivity contribution in [2.45, 2.75) is 45.4 Å². The molecule has 0 N–H and O–H groups in total. The van der Waals surface area contributed by atoms with Gasteiger partial charge in [0.25, 0.3) is 0 Å². The van der Waals surface area contributed by atoms with E-state index in [2.05, 4.69) is 38.1 Å². The zero-order chi connectivity index (χ0) is 13.0. The highest BCUT2D eigenvalue weighted by atomic mass is 16.2. The molecule has 0 aliphatic carbocycles. The molecule has 18 heavy (non-hydrogen) atoms. The maximum atomic E-state index is 11.8. The zero-order valence-electron chi connectivity index (χ0n) is 11.5. The SMILES string of the molecule is CCCC(=O)N1CCC(c2ccc(C)cc2)CC1. The molecular weight excluding hydrogens is 222 g/mol. The summed E-state index contributed by atoms with van der Waals surface area (Å²) in [6.07, 6.45) is 3.88. The van der Waals surface area contributed by atoms with E-state index in [9.17, 15) is 4.79 Å². The fourth-order valence-corrected chi connectivity index (χ4v) is 2.67. The molecule has 1 saturated heterocycles. The molecule has 0 unspecified atom stereocenters. The smallest absolute Gasteiger partial charge is 0.222 e. The van der Waals surface area contributed by atoms with E-state index < -0.39 is 0 Å². The van der Waals surface area contributed by atoms with Crippen LogP contribution in [0, 0.1) is 6.92 Å². The van der Waals surface area contributed by atoms with Crippen LogP contribution in [0.5, 0.6) is 0 Å². The minimum absolute atomic E-state index is 0.333. The van der Waals surface area contributed by atoms with Crippen LogP contribution in [-0.4, -0.2) is 23.9 Å². The van der Waals surface area contributed by atoms with Crippen LogP contribution in [0.2, 0.25) is 0 Å². The number of amides is 1. The van der Waals surface area contributed by atoms with Gasteiger partial charge in [-0.2, -0.15) is 0 Å². The average Bonchev–Trinajstić information content (AvgIpc) is 2.40. The van der Waals surface area contributed by atoms with Gasteiger partial charge in [0.05, 0.1) is 0 Å². The van der Waals surface area contributed by atoms with Crippen molar-refractivity contribution in [2.75, 3.05) is 13.1 Å². The van der Waals surface area contributed by atoms with Crippen molar-refractivity contribution in [2.24, 2.45) is 0 Å². The highest BCUT2D eigenvalue weighted by Crippen LogP contribution is 2.28. The number of rotatable bonds is 3. The third-order valence-electron chi connectivity index (χ3n) is 3.86. The lowest BCUT2D eigenvalue weighted by Crippen LogP contribution is -2.37. The van der Waals surface area contributed by atoms with Gasteiger partial charge >= 0.3 is 0 Å². The standard InChI is InChI=1S/C16H23NO/c1-3-4-16(18)17-11-9-15(10-12-17)14-7-5-13(2)6-8-14/h5-8,15H,3-4,9-12H2,1-2H3. The van der Waals surface area contributed by atoms with E-state index in [1.807, 2.05) is 4.90 Å². The monoisotopic (exact) mass is 245 g/mol. The van der Waals surface area contributed by atoms with Crippen molar-refractivity contribution in [3.63, 3.8) is 0 Å². The van der Waals surface area contributed by atoms with Crippen molar-refractivity contribution >= 4 is 5.91 Å². The lowest BCUT2D eigenvalue weighted by Gasteiger charge is -2.32. The summed E-state index contributed by atoms with van der Waals surface area (Å²) >= 11 is 0. The van der Waals surface area contributed by atoms with Gasteiger partial charge in [-0.3, -0.25) is 4.79 Å². The molecule has 2 heteroatoms. The number of carbonyl (C=O) groups excluding carboxylic acids is 1. The Bertz CT molecular complexity index is 388. The van der Waals surface area contributed by atoms with Crippen LogP contribution in [0.1, 0.15) is 49.7 Å². The molecule has 0 radical (unpaired) electrons. The molecule has 0 bridgehead atoms. The van der Waals surface area contributed by atoms with Crippen molar-refractivity contribution < 1.29 is 4.79 Å². The quantitative estimate of drug-likeness (QED) is 0.798. The van der Waals surface area contributed by atoms with E-state index in [1.165, 1.54) is 11.1 Å². The van der Waals surface area contributed by atoms with E-state index in [-0.39, 0.29) is 0 Å². The summed E-state index contributed by atoms with van der Waals surface area (Å²) in [5.41, 5.74) is 2.75. The first-order valence-corrected chi connectivity index (χ1v) is 7.05. The molecule has 0 spiro atoms. The van der Waals surface area contributed by atoms with Gasteiger partial charge < -0.3 is 4.90 Å². The van der Waals surface area contributed by atoms with Gasteiger partial charge in [0, 0.05) is 19.5 Å². The van der Waals surface area contributed by atoms with Crippen molar-refractivity contribution in [1.29, 1.82) is 0 Å². The summed E-state index contributed by atoms with van der Waals surface area (Å²) in [5.74, 6) is 0.969. The molecule has 1 aromatic carbocycles. The number of hydrogen-bond donors (Lipinski definition) is 0. The minimum Gasteiger partial charge on any atom is -0.343 e. The fourth-order valence-electron chi connectivity index (χ4n) is 2.67. The predicted molar refractivity (Wildman–Crippen MR) is 74.6 cm³/mol. The number of aryl methyl sites for hydroxylation is 1. The lowest BCUT2D eigenvalue weighted by molar-refractivity contribution is -0.132. The Labute approximate surface area is 110 Å². The first-order chi connectivity index (χ1) is 8.70. The second-order valence-corrected chi connectivity index (χ2v) is 5.32. The Morgan fingerprint density at radius 2 is 1.83 bits per heavy atom. The van der Waals surface area contributed by atoms with Crippen molar-refractivity contribution in [3.8, 4) is 0 Å². The summed E-state index contributed by atoms with van der Waals surface area (Å²) in [7, 11) is 0. The Morgan fingerprint density at radius 1 is 1.22 bits per heavy atom. The summed E-state index contributed by atoms with van der Waals surface area (Å²) in [6.45, 7) is 6.04. The van der Waals surface area contributed by atoms with E-state index in [0.29, 0.717) is 18.2 Å². The molecule has 0 aromatic heterocycles. The van der Waals surface area contributed by atoms with E-state index in [0.717, 1.165) is 32.4 Å². The molecular formula is C16H23NO. The first kappa shape index (κ1) is 13.1. The molecule has 2 nitrogen and oxygen atoms in total. The number of carbonyl (C=O) groups is 1. The highest BCUT2D eigenvalue weighted by Gasteiger charge is 2.22. The van der Waals surface area contributed by atoms with Crippen LogP contribution in [0.3, 0.4) is 0 Å². The zero-order valence-corrected chi connectivity index (χ0v) is 11.5. The normalized spacial score (nSPS) is 16.9. The molecule has 1 fully saturated rings. The maximum absolute atomic E-state index is 11.8. The van der Waals surface area contributed by atoms with E-state index in [1.54, 1.807) is 0 Å². The summed E-state index contributed by atoms with van der Waals surface area (Å²) in [4.78, 5) is 13.8. The van der Waals surface area contributed by atoms with Gasteiger partial charge in [-0.05, 0) is 37.7 Å². The average molecular weight is 245 g/mol. The van der Waals surface area contributed by atoms with Gasteiger partial charge in [-0.1, -0.05) is 36.8 Å². The minimum atomic E-state index is 0.333. The Hall–Kier alpha value is -1.31. The molecule has 1 amide bonds. The van der Waals surface area contributed by atoms with Crippen molar-refractivity contribution in [3.05, 3.63) is 35.4 Å². The van der Waals surface area contributed by atoms with Crippen LogP contribution in [0.4, 0.5) is 0 Å². The maximum Gasteiger partial charge on any atom is 0.222 e. The van der Waals surface area contributed by atoms with Crippen molar-refractivity contribution in [1.82, 2.24) is 4.90 Å². The second-order valence-electron chi connectivity index (χ2n) is 5.32. The lowest BCUT2D eigenvalue weighted by atomic mass is 9.89. The van der Waals surface area contributed by atoms with Crippen LogP contribution in [0.25, 0.3) is 0 Å². The third-order valence-corrected chi connectivity index (χ3v) is 3.86. The molecule has 0 saturated carbocycles. The largest absolute Gasteiger partial charge is 0.343 e. The third kappa shape index (κ3) is 3.12. The number of benzene rings is 1. The van der Waals surface area contributed by atoms with Crippen LogP contribution >= 0.6 is 0 Å². The summed E-state index contributed by atoms with van der Waals surface area (Å²) in [5, 5.41) is 0. The molecule has 1 aliphatic rings. The second kappa shape index (κ2) is 6.03. The van der Waals surface area contributed by atoms with Crippen LogP contribution in [0.15, 0.2) is 24.3 Å².